The molecule has 0 aromatic heterocycles. The maximum atomic E-state index is 13.5. The summed E-state index contributed by atoms with van der Waals surface area (Å²) in [7, 11) is 3.19. The quantitative estimate of drug-likeness (QED) is 0.457. The number of anilines is 2. The summed E-state index contributed by atoms with van der Waals surface area (Å²) in [6, 6.07) is 22.6. The fourth-order valence-corrected chi connectivity index (χ4v) is 5.12. The van der Waals surface area contributed by atoms with E-state index in [1.54, 1.807) is 26.4 Å². The summed E-state index contributed by atoms with van der Waals surface area (Å²) in [6.45, 7) is 0.659. The molecule has 0 unspecified atom stereocenters. The Bertz CT molecular complexity index is 1370. The van der Waals surface area contributed by atoms with Crippen LogP contribution in [0, 0.1) is 0 Å². The largest absolute Gasteiger partial charge is 0.497 e. The number of amides is 2. The highest BCUT2D eigenvalue weighted by Gasteiger charge is 2.33. The summed E-state index contributed by atoms with van der Waals surface area (Å²) in [5.41, 5.74) is 3.88. The number of carbonyl (C=O) groups excluding carboxylic acids is 2. The van der Waals surface area contributed by atoms with Gasteiger partial charge in [-0.05, 0) is 54.0 Å². The topological polar surface area (TPSA) is 71.4 Å². The van der Waals surface area contributed by atoms with E-state index >= 15 is 0 Å². The van der Waals surface area contributed by atoms with E-state index in [1.807, 2.05) is 65.6 Å². The van der Waals surface area contributed by atoms with Crippen LogP contribution in [-0.4, -0.2) is 43.5 Å². The second-order valence-electron chi connectivity index (χ2n) is 8.25. The number of amidine groups is 1. The molecule has 0 saturated carbocycles. The van der Waals surface area contributed by atoms with Crippen LogP contribution >= 0.6 is 11.8 Å². The molecule has 2 aliphatic rings. The number of ether oxygens (including phenoxy) is 2. The molecule has 2 aliphatic heterocycles. The molecular formula is C28H25N3O4S. The molecule has 0 saturated heterocycles. The molecule has 0 spiro atoms. The normalized spacial score (nSPS) is 15.8. The van der Waals surface area contributed by atoms with Crippen LogP contribution in [0.2, 0.25) is 0 Å². The number of carbonyl (C=O) groups is 2. The minimum absolute atomic E-state index is 0.0155. The second-order valence-corrected chi connectivity index (χ2v) is 9.19. The smallest absolute Gasteiger partial charge is 0.283 e. The molecule has 0 aliphatic carbocycles. The summed E-state index contributed by atoms with van der Waals surface area (Å²) < 4.78 is 10.6. The van der Waals surface area contributed by atoms with Gasteiger partial charge in [-0.25, -0.2) is 4.99 Å². The van der Waals surface area contributed by atoms with Crippen molar-refractivity contribution in [3.05, 3.63) is 89.6 Å². The highest BCUT2D eigenvalue weighted by molar-refractivity contribution is 8.14. The zero-order valence-electron chi connectivity index (χ0n) is 20.0. The van der Waals surface area contributed by atoms with E-state index in [0.29, 0.717) is 28.8 Å². The molecule has 0 N–H and O–H groups in total. The Hall–Kier alpha value is -4.04. The monoisotopic (exact) mass is 499 g/mol. The van der Waals surface area contributed by atoms with Gasteiger partial charge in [0.1, 0.15) is 17.2 Å². The SMILES string of the molecule is COc1ccc(C=C2N=C(SCC(=O)N3CCc4ccccc43)N(c3cccc(OC)c3)C2=O)cc1. The lowest BCUT2D eigenvalue weighted by Gasteiger charge is -2.20. The number of methoxy groups -OCH3 is 2. The Morgan fingerprint density at radius 3 is 2.56 bits per heavy atom. The number of hydrogen-bond donors (Lipinski definition) is 0. The highest BCUT2D eigenvalue weighted by Crippen LogP contribution is 2.33. The van der Waals surface area contributed by atoms with Gasteiger partial charge in [0, 0.05) is 18.3 Å². The molecule has 2 amide bonds. The van der Waals surface area contributed by atoms with Crippen LogP contribution in [0.5, 0.6) is 11.5 Å². The Kier molecular flexibility index (Phi) is 6.77. The summed E-state index contributed by atoms with van der Waals surface area (Å²) in [5, 5.41) is 0.453. The fourth-order valence-electron chi connectivity index (χ4n) is 4.23. The number of para-hydroxylation sites is 1. The van der Waals surface area contributed by atoms with E-state index < -0.39 is 0 Å². The van der Waals surface area contributed by atoms with Gasteiger partial charge in [0.2, 0.25) is 5.91 Å². The first kappa shape index (κ1) is 23.7. The van der Waals surface area contributed by atoms with Gasteiger partial charge in [0.15, 0.2) is 5.17 Å². The van der Waals surface area contributed by atoms with Gasteiger partial charge in [-0.2, -0.15) is 0 Å². The maximum Gasteiger partial charge on any atom is 0.283 e. The van der Waals surface area contributed by atoms with Crippen molar-refractivity contribution in [3.8, 4) is 11.5 Å². The zero-order valence-corrected chi connectivity index (χ0v) is 20.8. The lowest BCUT2D eigenvalue weighted by molar-refractivity contribution is -0.116. The van der Waals surface area contributed by atoms with Crippen molar-refractivity contribution in [3.63, 3.8) is 0 Å². The summed E-state index contributed by atoms with van der Waals surface area (Å²) in [4.78, 5) is 34.6. The van der Waals surface area contributed by atoms with Gasteiger partial charge < -0.3 is 14.4 Å². The molecule has 0 fully saturated rings. The van der Waals surface area contributed by atoms with Crippen molar-refractivity contribution in [1.29, 1.82) is 0 Å². The van der Waals surface area contributed by atoms with Gasteiger partial charge in [-0.15, -0.1) is 0 Å². The first-order chi connectivity index (χ1) is 17.6. The van der Waals surface area contributed by atoms with Gasteiger partial charge in [0.25, 0.3) is 5.91 Å². The Morgan fingerprint density at radius 1 is 1.00 bits per heavy atom. The van der Waals surface area contributed by atoms with Crippen LogP contribution in [0.3, 0.4) is 0 Å². The third kappa shape index (κ3) is 4.72. The van der Waals surface area contributed by atoms with Gasteiger partial charge in [0.05, 0.1) is 25.7 Å². The second kappa shape index (κ2) is 10.3. The van der Waals surface area contributed by atoms with Crippen molar-refractivity contribution in [2.24, 2.45) is 4.99 Å². The van der Waals surface area contributed by atoms with Crippen LogP contribution in [0.25, 0.3) is 6.08 Å². The van der Waals surface area contributed by atoms with E-state index in [4.69, 9.17) is 9.47 Å². The Balaban J connectivity index is 1.42. The molecule has 0 radical (unpaired) electrons. The minimum atomic E-state index is -0.263. The molecule has 0 atom stereocenters. The van der Waals surface area contributed by atoms with Gasteiger partial charge in [-0.1, -0.05) is 48.2 Å². The summed E-state index contributed by atoms with van der Waals surface area (Å²) in [6.07, 6.45) is 2.58. The van der Waals surface area contributed by atoms with Crippen LogP contribution < -0.4 is 19.3 Å². The van der Waals surface area contributed by atoms with E-state index in [0.717, 1.165) is 23.4 Å². The molecule has 8 heteroatoms. The molecule has 36 heavy (non-hydrogen) atoms. The molecule has 5 rings (SSSR count). The number of rotatable bonds is 6. The number of benzene rings is 3. The number of nitrogens with zero attached hydrogens (tertiary/aromatic N) is 3. The van der Waals surface area contributed by atoms with Gasteiger partial charge in [-0.3, -0.25) is 14.5 Å². The molecule has 0 bridgehead atoms. The van der Waals surface area contributed by atoms with Crippen molar-refractivity contribution < 1.29 is 19.1 Å². The third-order valence-electron chi connectivity index (χ3n) is 6.07. The van der Waals surface area contributed by atoms with Crippen molar-refractivity contribution in [1.82, 2.24) is 0 Å². The summed E-state index contributed by atoms with van der Waals surface area (Å²) in [5.74, 6) is 1.24. The summed E-state index contributed by atoms with van der Waals surface area (Å²) >= 11 is 1.26. The molecule has 7 nitrogen and oxygen atoms in total. The third-order valence-corrected chi connectivity index (χ3v) is 7.00. The molecule has 182 valence electrons. The van der Waals surface area contributed by atoms with Crippen LogP contribution in [0.15, 0.2) is 83.5 Å². The van der Waals surface area contributed by atoms with E-state index in [2.05, 4.69) is 11.1 Å². The van der Waals surface area contributed by atoms with E-state index in [9.17, 15) is 9.59 Å². The molecule has 3 aromatic rings. The molecule has 3 aromatic carbocycles. The number of hydrogen-bond acceptors (Lipinski definition) is 6. The lowest BCUT2D eigenvalue weighted by Crippen LogP contribution is -2.34. The van der Waals surface area contributed by atoms with E-state index in [-0.39, 0.29) is 17.6 Å². The predicted molar refractivity (Wildman–Crippen MR) is 144 cm³/mol. The van der Waals surface area contributed by atoms with Crippen molar-refractivity contribution in [2.45, 2.75) is 6.42 Å². The Morgan fingerprint density at radius 2 is 1.78 bits per heavy atom. The average Bonchev–Trinajstić information content (AvgIpc) is 3.48. The predicted octanol–water partition coefficient (Wildman–Crippen LogP) is 4.77. The first-order valence-electron chi connectivity index (χ1n) is 11.5. The number of fused-ring (bicyclic) bond motifs is 1. The lowest BCUT2D eigenvalue weighted by atomic mass is 10.2. The van der Waals surface area contributed by atoms with Crippen LogP contribution in [0.1, 0.15) is 11.1 Å². The average molecular weight is 500 g/mol. The van der Waals surface area contributed by atoms with Gasteiger partial charge >= 0.3 is 0 Å². The number of aliphatic imine (C=N–C) groups is 1. The molecular weight excluding hydrogens is 474 g/mol. The minimum Gasteiger partial charge on any atom is -0.497 e. The van der Waals surface area contributed by atoms with Crippen LogP contribution in [0.4, 0.5) is 11.4 Å². The fraction of sp³-hybridized carbons (Fsp3) is 0.179. The highest BCUT2D eigenvalue weighted by atomic mass is 32.2. The van der Waals surface area contributed by atoms with Crippen molar-refractivity contribution >= 4 is 46.2 Å². The zero-order chi connectivity index (χ0) is 25.1. The maximum absolute atomic E-state index is 13.5. The standard InChI is InChI=1S/C28H25N3O4S/c1-34-22-12-10-19(11-13-22)16-24-27(33)31(21-7-5-8-23(17-21)35-2)28(29-24)36-18-26(32)30-15-14-20-6-3-4-9-25(20)30/h3-13,16-17H,14-15,18H2,1-2H3. The van der Waals surface area contributed by atoms with Crippen LogP contribution in [-0.2, 0) is 16.0 Å². The Labute approximate surface area is 214 Å². The van der Waals surface area contributed by atoms with Crippen molar-refractivity contribution in [2.75, 3.05) is 36.3 Å². The van der Waals surface area contributed by atoms with E-state index in [1.165, 1.54) is 22.2 Å². The molecule has 2 heterocycles. The number of thioether (sulfide) groups is 1. The first-order valence-corrected chi connectivity index (χ1v) is 12.5.